The van der Waals surface area contributed by atoms with Gasteiger partial charge in [0.2, 0.25) is 0 Å². The molecule has 5 heteroatoms. The Kier molecular flexibility index (Phi) is 5.74. The average Bonchev–Trinajstić information content (AvgIpc) is 2.81. The van der Waals surface area contributed by atoms with Crippen LogP contribution >= 0.6 is 0 Å². The van der Waals surface area contributed by atoms with Gasteiger partial charge in [-0.25, -0.2) is 0 Å². The molecule has 0 radical (unpaired) electrons. The third-order valence-electron chi connectivity index (χ3n) is 5.38. The first-order valence-electron chi connectivity index (χ1n) is 9.09. The molecule has 0 saturated carbocycles. The van der Waals surface area contributed by atoms with E-state index in [-0.39, 0.29) is 24.2 Å². The van der Waals surface area contributed by atoms with Crippen LogP contribution in [-0.4, -0.2) is 65.3 Å². The summed E-state index contributed by atoms with van der Waals surface area (Å²) in [6.07, 6.45) is 5.13. The average molecular weight is 332 g/mol. The van der Waals surface area contributed by atoms with Crippen LogP contribution in [0.15, 0.2) is 24.3 Å². The molecule has 0 bridgehead atoms. The normalized spacial score (nSPS) is 25.6. The molecule has 2 saturated heterocycles. The Morgan fingerprint density at radius 1 is 1.08 bits per heavy atom. The number of hydrogen-bond acceptors (Lipinski definition) is 4. The highest BCUT2D eigenvalue weighted by Gasteiger charge is 2.36. The molecule has 132 valence electrons. The topological polar surface area (TPSA) is 64.0 Å². The molecule has 1 aromatic rings. The number of aromatic hydroxyl groups is 1. The van der Waals surface area contributed by atoms with Gasteiger partial charge in [0.25, 0.3) is 5.91 Å². The summed E-state index contributed by atoms with van der Waals surface area (Å²) >= 11 is 0. The zero-order valence-electron chi connectivity index (χ0n) is 14.2. The van der Waals surface area contributed by atoms with Crippen molar-refractivity contribution in [1.82, 2.24) is 9.80 Å². The van der Waals surface area contributed by atoms with E-state index in [9.17, 15) is 15.0 Å². The molecule has 5 nitrogen and oxygen atoms in total. The third-order valence-corrected chi connectivity index (χ3v) is 5.38. The van der Waals surface area contributed by atoms with Gasteiger partial charge in [0.05, 0.1) is 0 Å². The van der Waals surface area contributed by atoms with Crippen molar-refractivity contribution in [2.45, 2.75) is 25.7 Å². The lowest BCUT2D eigenvalue weighted by Gasteiger charge is -2.26. The zero-order valence-corrected chi connectivity index (χ0v) is 14.2. The molecule has 0 aliphatic carbocycles. The predicted octanol–water partition coefficient (Wildman–Crippen LogP) is 1.95. The Balaban J connectivity index is 1.64. The predicted molar refractivity (Wildman–Crippen MR) is 93.0 cm³/mol. The quantitative estimate of drug-likeness (QED) is 0.884. The SMILES string of the molecule is O=C(c1cccc(O)c1)N1C[C@@H](CO)[C@@H](CN2CCCCCC2)C1. The van der Waals surface area contributed by atoms with E-state index in [0.29, 0.717) is 24.6 Å². The lowest BCUT2D eigenvalue weighted by atomic mass is 9.96. The summed E-state index contributed by atoms with van der Waals surface area (Å²) in [6.45, 7) is 4.65. The number of nitrogens with zero attached hydrogens (tertiary/aromatic N) is 2. The summed E-state index contributed by atoms with van der Waals surface area (Å²) in [5.74, 6) is 0.534. The number of hydrogen-bond donors (Lipinski definition) is 2. The van der Waals surface area contributed by atoms with E-state index in [1.165, 1.54) is 31.7 Å². The standard InChI is InChI=1S/C19H28N2O3/c22-14-17-13-21(19(24)15-6-5-7-18(23)10-15)12-16(17)11-20-8-3-1-2-4-9-20/h5-7,10,16-17,22-23H,1-4,8-9,11-14H2/t16-,17-/m0/s1. The van der Waals surface area contributed by atoms with Gasteiger partial charge in [0.1, 0.15) is 5.75 Å². The minimum Gasteiger partial charge on any atom is -0.508 e. The van der Waals surface area contributed by atoms with Gasteiger partial charge < -0.3 is 20.0 Å². The fraction of sp³-hybridized carbons (Fsp3) is 0.632. The molecule has 2 heterocycles. The van der Waals surface area contributed by atoms with E-state index < -0.39 is 0 Å². The largest absolute Gasteiger partial charge is 0.508 e. The van der Waals surface area contributed by atoms with E-state index in [2.05, 4.69) is 4.90 Å². The van der Waals surface area contributed by atoms with Gasteiger partial charge in [-0.1, -0.05) is 18.9 Å². The molecule has 2 N–H and O–H groups in total. The van der Waals surface area contributed by atoms with E-state index in [4.69, 9.17) is 0 Å². The first-order valence-corrected chi connectivity index (χ1v) is 9.09. The van der Waals surface area contributed by atoms with Crippen LogP contribution in [0, 0.1) is 11.8 Å². The minimum atomic E-state index is -0.0530. The number of carbonyl (C=O) groups excluding carboxylic acids is 1. The first kappa shape index (κ1) is 17.2. The highest BCUT2D eigenvalue weighted by Crippen LogP contribution is 2.27. The molecule has 3 rings (SSSR count). The fourth-order valence-electron chi connectivity index (χ4n) is 3.99. The summed E-state index contributed by atoms with van der Waals surface area (Å²) < 4.78 is 0. The second kappa shape index (κ2) is 7.99. The van der Waals surface area contributed by atoms with Gasteiger partial charge >= 0.3 is 0 Å². The smallest absolute Gasteiger partial charge is 0.254 e. The Hall–Kier alpha value is -1.59. The molecule has 24 heavy (non-hydrogen) atoms. The van der Waals surface area contributed by atoms with Gasteiger partial charge in [-0.2, -0.15) is 0 Å². The number of aliphatic hydroxyl groups is 1. The Labute approximate surface area is 143 Å². The van der Waals surface area contributed by atoms with Gasteiger partial charge in [0, 0.05) is 37.7 Å². The molecule has 2 atom stereocenters. The summed E-state index contributed by atoms with van der Waals surface area (Å²) in [7, 11) is 0. The second-order valence-corrected chi connectivity index (χ2v) is 7.18. The highest BCUT2D eigenvalue weighted by molar-refractivity contribution is 5.94. The van der Waals surface area contributed by atoms with Crippen LogP contribution in [0.2, 0.25) is 0 Å². The van der Waals surface area contributed by atoms with E-state index in [0.717, 1.165) is 19.6 Å². The zero-order chi connectivity index (χ0) is 16.9. The minimum absolute atomic E-state index is 0.0530. The van der Waals surface area contributed by atoms with E-state index in [1.54, 1.807) is 18.2 Å². The molecule has 0 unspecified atom stereocenters. The van der Waals surface area contributed by atoms with Crippen molar-refractivity contribution < 1.29 is 15.0 Å². The molecule has 2 fully saturated rings. The van der Waals surface area contributed by atoms with Crippen LogP contribution in [0.4, 0.5) is 0 Å². The number of likely N-dealkylation sites (tertiary alicyclic amines) is 2. The van der Waals surface area contributed by atoms with Crippen molar-refractivity contribution in [1.29, 1.82) is 0 Å². The number of phenolic OH excluding ortho intramolecular Hbond substituents is 1. The Bertz CT molecular complexity index is 555. The van der Waals surface area contributed by atoms with Crippen LogP contribution in [0.5, 0.6) is 5.75 Å². The molecule has 0 spiro atoms. The molecule has 2 aliphatic rings. The second-order valence-electron chi connectivity index (χ2n) is 7.18. The number of carbonyl (C=O) groups is 1. The summed E-state index contributed by atoms with van der Waals surface area (Å²) in [5, 5.41) is 19.3. The first-order chi connectivity index (χ1) is 11.7. The van der Waals surface area contributed by atoms with E-state index >= 15 is 0 Å². The molecular formula is C19H28N2O3. The number of phenols is 1. The molecule has 1 amide bonds. The van der Waals surface area contributed by atoms with Crippen molar-refractivity contribution >= 4 is 5.91 Å². The number of aliphatic hydroxyl groups excluding tert-OH is 1. The van der Waals surface area contributed by atoms with Crippen molar-refractivity contribution in [3.63, 3.8) is 0 Å². The third kappa shape index (κ3) is 4.08. The van der Waals surface area contributed by atoms with Gasteiger partial charge in [0.15, 0.2) is 0 Å². The number of amides is 1. The molecular weight excluding hydrogens is 304 g/mol. The Morgan fingerprint density at radius 3 is 2.46 bits per heavy atom. The summed E-state index contributed by atoms with van der Waals surface area (Å²) in [6, 6.07) is 6.51. The molecule has 2 aliphatic heterocycles. The lowest BCUT2D eigenvalue weighted by Crippen LogP contribution is -2.35. The maximum Gasteiger partial charge on any atom is 0.254 e. The van der Waals surface area contributed by atoms with Crippen molar-refractivity contribution in [3.8, 4) is 5.75 Å². The van der Waals surface area contributed by atoms with Crippen molar-refractivity contribution in [2.24, 2.45) is 11.8 Å². The van der Waals surface area contributed by atoms with E-state index in [1.807, 2.05) is 4.90 Å². The molecule has 1 aromatic carbocycles. The highest BCUT2D eigenvalue weighted by atomic mass is 16.3. The molecule has 0 aromatic heterocycles. The Morgan fingerprint density at radius 2 is 1.79 bits per heavy atom. The fourth-order valence-corrected chi connectivity index (χ4v) is 3.99. The van der Waals surface area contributed by atoms with Gasteiger partial charge in [-0.15, -0.1) is 0 Å². The lowest BCUT2D eigenvalue weighted by molar-refractivity contribution is 0.0778. The van der Waals surface area contributed by atoms with Gasteiger partial charge in [-0.3, -0.25) is 4.79 Å². The number of benzene rings is 1. The van der Waals surface area contributed by atoms with Crippen LogP contribution in [0.1, 0.15) is 36.0 Å². The maximum absolute atomic E-state index is 12.7. The van der Waals surface area contributed by atoms with Crippen LogP contribution in [0.3, 0.4) is 0 Å². The van der Waals surface area contributed by atoms with Crippen molar-refractivity contribution in [2.75, 3.05) is 39.3 Å². The maximum atomic E-state index is 12.7. The van der Waals surface area contributed by atoms with Gasteiger partial charge in [-0.05, 0) is 50.0 Å². The van der Waals surface area contributed by atoms with Crippen LogP contribution in [0.25, 0.3) is 0 Å². The van der Waals surface area contributed by atoms with Crippen LogP contribution < -0.4 is 0 Å². The monoisotopic (exact) mass is 332 g/mol. The van der Waals surface area contributed by atoms with Crippen molar-refractivity contribution in [3.05, 3.63) is 29.8 Å². The summed E-state index contributed by atoms with van der Waals surface area (Å²) in [4.78, 5) is 17.0. The summed E-state index contributed by atoms with van der Waals surface area (Å²) in [5.41, 5.74) is 0.516. The number of rotatable bonds is 4. The van der Waals surface area contributed by atoms with Crippen LogP contribution in [-0.2, 0) is 0 Å².